The summed E-state index contributed by atoms with van der Waals surface area (Å²) in [5.74, 6) is -0.315. The Morgan fingerprint density at radius 2 is 2.31 bits per heavy atom. The van der Waals surface area contributed by atoms with Crippen LogP contribution in [0.2, 0.25) is 0 Å². The molecule has 1 aromatic heterocycles. The Morgan fingerprint density at radius 1 is 1.69 bits per heavy atom. The second kappa shape index (κ2) is 3.74. The molecule has 0 aliphatic rings. The molecule has 0 fully saturated rings. The number of nitrogens with zero attached hydrogens (tertiary/aromatic N) is 1. The predicted molar refractivity (Wildman–Crippen MR) is 51.7 cm³/mol. The monoisotopic (exact) mass is 244 g/mol. The lowest BCUT2D eigenvalue weighted by Gasteiger charge is -2.07. The number of carbonyl (C=O) groups excluding carboxylic acids is 1. The van der Waals surface area contributed by atoms with Gasteiger partial charge in [-0.2, -0.15) is 0 Å². The zero-order valence-corrected chi connectivity index (χ0v) is 8.88. The highest BCUT2D eigenvalue weighted by atomic mass is 79.9. The Bertz CT molecular complexity index is 352. The average Bonchev–Trinajstić information content (AvgIpc) is 2.08. The summed E-state index contributed by atoms with van der Waals surface area (Å²) in [6.07, 6.45) is 1.61. The Morgan fingerprint density at radius 3 is 2.77 bits per heavy atom. The number of pyridine rings is 1. The van der Waals surface area contributed by atoms with Crippen molar-refractivity contribution in [2.45, 2.75) is 6.92 Å². The van der Waals surface area contributed by atoms with E-state index in [-0.39, 0.29) is 11.4 Å². The second-order valence-electron chi connectivity index (χ2n) is 2.50. The molecule has 1 amide bonds. The fourth-order valence-corrected chi connectivity index (χ4v) is 1.40. The van der Waals surface area contributed by atoms with Crippen LogP contribution in [-0.4, -0.2) is 18.0 Å². The molecule has 4 nitrogen and oxygen atoms in total. The minimum absolute atomic E-state index is 0.241. The highest BCUT2D eigenvalue weighted by molar-refractivity contribution is 9.10. The SMILES string of the molecule is COc1ncc(C)c(Br)c1C(N)=O. The first-order chi connectivity index (χ1) is 6.07. The van der Waals surface area contributed by atoms with Gasteiger partial charge in [-0.05, 0) is 28.4 Å². The number of aromatic nitrogens is 1. The van der Waals surface area contributed by atoms with Crippen LogP contribution in [0, 0.1) is 6.92 Å². The van der Waals surface area contributed by atoms with Crippen LogP contribution in [0.25, 0.3) is 0 Å². The summed E-state index contributed by atoms with van der Waals surface area (Å²) >= 11 is 3.25. The Kier molecular flexibility index (Phi) is 2.87. The fourth-order valence-electron chi connectivity index (χ4n) is 0.936. The number of halogens is 1. The number of nitrogens with two attached hydrogens (primary N) is 1. The van der Waals surface area contributed by atoms with Crippen molar-refractivity contribution in [2.75, 3.05) is 7.11 Å². The van der Waals surface area contributed by atoms with E-state index in [1.54, 1.807) is 6.20 Å². The molecular formula is C8H9BrN2O2. The van der Waals surface area contributed by atoms with Crippen molar-refractivity contribution in [3.63, 3.8) is 0 Å². The molecule has 13 heavy (non-hydrogen) atoms. The molecule has 0 saturated carbocycles. The summed E-state index contributed by atoms with van der Waals surface area (Å²) in [5, 5.41) is 0. The zero-order chi connectivity index (χ0) is 10.0. The molecule has 1 rings (SSSR count). The van der Waals surface area contributed by atoms with E-state index in [9.17, 15) is 4.79 Å². The maximum absolute atomic E-state index is 11.0. The molecule has 0 unspecified atom stereocenters. The summed E-state index contributed by atoms with van der Waals surface area (Å²) in [5.41, 5.74) is 6.29. The highest BCUT2D eigenvalue weighted by Crippen LogP contribution is 2.26. The van der Waals surface area contributed by atoms with Gasteiger partial charge in [0.2, 0.25) is 5.88 Å². The molecule has 1 aromatic rings. The maximum Gasteiger partial charge on any atom is 0.255 e. The first-order valence-electron chi connectivity index (χ1n) is 3.56. The van der Waals surface area contributed by atoms with E-state index in [4.69, 9.17) is 10.5 Å². The van der Waals surface area contributed by atoms with Crippen LogP contribution in [0.15, 0.2) is 10.7 Å². The van der Waals surface area contributed by atoms with Crippen molar-refractivity contribution < 1.29 is 9.53 Å². The maximum atomic E-state index is 11.0. The van der Waals surface area contributed by atoms with Gasteiger partial charge in [0.05, 0.1) is 7.11 Å². The van der Waals surface area contributed by atoms with Crippen molar-refractivity contribution in [1.29, 1.82) is 0 Å². The third kappa shape index (κ3) is 1.80. The zero-order valence-electron chi connectivity index (χ0n) is 7.30. The fraction of sp³-hybridized carbons (Fsp3) is 0.250. The van der Waals surface area contributed by atoms with Crippen LogP contribution in [0.3, 0.4) is 0 Å². The van der Waals surface area contributed by atoms with Crippen LogP contribution < -0.4 is 10.5 Å². The van der Waals surface area contributed by atoms with Crippen molar-refractivity contribution in [3.05, 3.63) is 21.8 Å². The normalized spacial score (nSPS) is 9.77. The summed E-state index contributed by atoms with van der Waals surface area (Å²) in [6, 6.07) is 0. The van der Waals surface area contributed by atoms with Gasteiger partial charge in [0.25, 0.3) is 5.91 Å². The van der Waals surface area contributed by atoms with Crippen LogP contribution in [0.5, 0.6) is 5.88 Å². The third-order valence-electron chi connectivity index (χ3n) is 1.59. The quantitative estimate of drug-likeness (QED) is 0.852. The molecule has 0 radical (unpaired) electrons. The summed E-state index contributed by atoms with van der Waals surface area (Å²) in [6.45, 7) is 1.82. The number of aryl methyl sites for hydroxylation is 1. The summed E-state index contributed by atoms with van der Waals surface area (Å²) in [7, 11) is 1.44. The van der Waals surface area contributed by atoms with E-state index >= 15 is 0 Å². The molecule has 2 N–H and O–H groups in total. The predicted octanol–water partition coefficient (Wildman–Crippen LogP) is 1.26. The molecular weight excluding hydrogens is 236 g/mol. The summed E-state index contributed by atoms with van der Waals surface area (Å²) in [4.78, 5) is 15.0. The summed E-state index contributed by atoms with van der Waals surface area (Å²) < 4.78 is 5.53. The molecule has 0 saturated heterocycles. The van der Waals surface area contributed by atoms with E-state index in [1.165, 1.54) is 7.11 Å². The third-order valence-corrected chi connectivity index (χ3v) is 2.62. The Hall–Kier alpha value is -1.10. The van der Waals surface area contributed by atoms with E-state index in [1.807, 2.05) is 6.92 Å². The van der Waals surface area contributed by atoms with E-state index < -0.39 is 5.91 Å². The largest absolute Gasteiger partial charge is 0.480 e. The Labute approximate surface area is 84.2 Å². The van der Waals surface area contributed by atoms with Gasteiger partial charge in [0.1, 0.15) is 5.56 Å². The molecule has 5 heteroatoms. The van der Waals surface area contributed by atoms with Gasteiger partial charge in [-0.15, -0.1) is 0 Å². The smallest absolute Gasteiger partial charge is 0.255 e. The van der Waals surface area contributed by atoms with Crippen LogP contribution >= 0.6 is 15.9 Å². The number of methoxy groups -OCH3 is 1. The number of hydrogen-bond acceptors (Lipinski definition) is 3. The van der Waals surface area contributed by atoms with Crippen molar-refractivity contribution in [3.8, 4) is 5.88 Å². The van der Waals surface area contributed by atoms with Gasteiger partial charge in [0.15, 0.2) is 0 Å². The molecule has 1 heterocycles. The molecule has 0 bridgehead atoms. The van der Waals surface area contributed by atoms with Crippen molar-refractivity contribution in [2.24, 2.45) is 5.73 Å². The van der Waals surface area contributed by atoms with Gasteiger partial charge in [-0.1, -0.05) is 0 Å². The molecule has 0 aliphatic carbocycles. The topological polar surface area (TPSA) is 65.2 Å². The Balaban J connectivity index is 3.41. The lowest BCUT2D eigenvalue weighted by atomic mass is 10.2. The van der Waals surface area contributed by atoms with Crippen molar-refractivity contribution >= 4 is 21.8 Å². The lowest BCUT2D eigenvalue weighted by Crippen LogP contribution is -2.14. The highest BCUT2D eigenvalue weighted by Gasteiger charge is 2.15. The molecule has 0 aromatic carbocycles. The minimum atomic E-state index is -0.556. The van der Waals surface area contributed by atoms with E-state index in [0.717, 1.165) is 5.56 Å². The van der Waals surface area contributed by atoms with Gasteiger partial charge < -0.3 is 10.5 Å². The number of carbonyl (C=O) groups is 1. The van der Waals surface area contributed by atoms with Gasteiger partial charge >= 0.3 is 0 Å². The van der Waals surface area contributed by atoms with E-state index in [0.29, 0.717) is 4.47 Å². The van der Waals surface area contributed by atoms with Crippen molar-refractivity contribution in [1.82, 2.24) is 4.98 Å². The van der Waals surface area contributed by atoms with Crippen LogP contribution in [-0.2, 0) is 0 Å². The number of ether oxygens (including phenoxy) is 1. The lowest BCUT2D eigenvalue weighted by molar-refractivity contribution is 0.0995. The van der Waals surface area contributed by atoms with Gasteiger partial charge in [-0.25, -0.2) is 4.98 Å². The first-order valence-corrected chi connectivity index (χ1v) is 4.36. The first kappa shape index (κ1) is 9.98. The minimum Gasteiger partial charge on any atom is -0.480 e. The number of amides is 1. The molecule has 70 valence electrons. The van der Waals surface area contributed by atoms with E-state index in [2.05, 4.69) is 20.9 Å². The molecule has 0 aliphatic heterocycles. The molecule has 0 spiro atoms. The molecule has 0 atom stereocenters. The standard InChI is InChI=1S/C8H9BrN2O2/c1-4-3-11-8(13-2)5(6(4)9)7(10)12/h3H,1-2H3,(H2,10,12). The number of primary amides is 1. The number of rotatable bonds is 2. The second-order valence-corrected chi connectivity index (χ2v) is 3.30. The average molecular weight is 245 g/mol. The van der Waals surface area contributed by atoms with Gasteiger partial charge in [0, 0.05) is 10.7 Å². The number of hydrogen-bond donors (Lipinski definition) is 1. The van der Waals surface area contributed by atoms with Gasteiger partial charge in [-0.3, -0.25) is 4.79 Å². The van der Waals surface area contributed by atoms with Crippen LogP contribution in [0.1, 0.15) is 15.9 Å². The van der Waals surface area contributed by atoms with Crippen LogP contribution in [0.4, 0.5) is 0 Å².